The topological polar surface area (TPSA) is 58.5 Å². The van der Waals surface area contributed by atoms with Gasteiger partial charge in [-0.05, 0) is 37.5 Å². The average Bonchev–Trinajstić information content (AvgIpc) is 3.02. The number of benzene rings is 1. The highest BCUT2D eigenvalue weighted by Gasteiger charge is 2.29. The predicted molar refractivity (Wildman–Crippen MR) is 109 cm³/mol. The van der Waals surface area contributed by atoms with E-state index in [-0.39, 0.29) is 29.6 Å². The molecule has 3 rings (SSSR count). The van der Waals surface area contributed by atoms with Crippen LogP contribution >= 0.6 is 24.0 Å². The molecule has 24 heavy (non-hydrogen) atoms. The lowest BCUT2D eigenvalue weighted by atomic mass is 10.0. The van der Waals surface area contributed by atoms with Crippen molar-refractivity contribution in [3.63, 3.8) is 0 Å². The Kier molecular flexibility index (Phi) is 6.79. The Morgan fingerprint density at radius 2 is 2.12 bits per heavy atom. The molecular weight excluding hydrogens is 415 g/mol. The van der Waals surface area contributed by atoms with Crippen LogP contribution in [-0.4, -0.2) is 36.7 Å². The monoisotopic (exact) mass is 440 g/mol. The van der Waals surface area contributed by atoms with Gasteiger partial charge in [0.25, 0.3) is 0 Å². The Morgan fingerprint density at radius 3 is 2.88 bits per heavy atom. The number of halogens is 1. The van der Waals surface area contributed by atoms with Crippen LogP contribution in [0.1, 0.15) is 25.3 Å². The molecule has 0 amide bonds. The van der Waals surface area contributed by atoms with Gasteiger partial charge in [0.05, 0.1) is 11.1 Å². The lowest BCUT2D eigenvalue weighted by molar-refractivity contribution is 0.0243. The van der Waals surface area contributed by atoms with Crippen LogP contribution in [0.2, 0.25) is 0 Å². The number of pyridine rings is 1. The number of nitrogens with one attached hydrogen (secondary N) is 2. The standard InChI is InChI=1S/C18H24N4O.HI/c1-18(9-5-11-23-18)13-22-17(19-2)21-12-14-8-10-20-16-7-4-3-6-15(14)16;/h3-4,6-8,10H,5,9,11-13H2,1-2H3,(H2,19,21,22);1H. The van der Waals surface area contributed by atoms with Crippen molar-refractivity contribution in [2.24, 2.45) is 4.99 Å². The van der Waals surface area contributed by atoms with E-state index in [1.165, 1.54) is 10.9 Å². The smallest absolute Gasteiger partial charge is 0.191 e. The van der Waals surface area contributed by atoms with Crippen LogP contribution in [0.3, 0.4) is 0 Å². The summed E-state index contributed by atoms with van der Waals surface area (Å²) in [6, 6.07) is 10.2. The van der Waals surface area contributed by atoms with Gasteiger partial charge in [0, 0.05) is 38.3 Å². The Labute approximate surface area is 160 Å². The molecule has 0 spiro atoms. The first-order chi connectivity index (χ1) is 11.2. The summed E-state index contributed by atoms with van der Waals surface area (Å²) >= 11 is 0. The van der Waals surface area contributed by atoms with Crippen LogP contribution in [-0.2, 0) is 11.3 Å². The first-order valence-corrected chi connectivity index (χ1v) is 8.11. The van der Waals surface area contributed by atoms with Crippen LogP contribution in [0, 0.1) is 0 Å². The summed E-state index contributed by atoms with van der Waals surface area (Å²) in [4.78, 5) is 8.70. The van der Waals surface area contributed by atoms with Gasteiger partial charge in [-0.15, -0.1) is 24.0 Å². The second-order valence-corrected chi connectivity index (χ2v) is 6.17. The Bertz CT molecular complexity index is 693. The van der Waals surface area contributed by atoms with Crippen molar-refractivity contribution < 1.29 is 4.74 Å². The van der Waals surface area contributed by atoms with Gasteiger partial charge >= 0.3 is 0 Å². The molecule has 0 bridgehead atoms. The molecule has 1 saturated heterocycles. The number of rotatable bonds is 4. The van der Waals surface area contributed by atoms with Gasteiger partial charge in [0.2, 0.25) is 0 Å². The summed E-state index contributed by atoms with van der Waals surface area (Å²) in [6.45, 7) is 4.48. The van der Waals surface area contributed by atoms with Crippen LogP contribution in [0.15, 0.2) is 41.5 Å². The van der Waals surface area contributed by atoms with Gasteiger partial charge in [-0.3, -0.25) is 9.98 Å². The number of aliphatic imine (C=N–C) groups is 1. The van der Waals surface area contributed by atoms with E-state index in [2.05, 4.69) is 33.6 Å². The third-order valence-corrected chi connectivity index (χ3v) is 4.34. The fraction of sp³-hybridized carbons (Fsp3) is 0.444. The molecule has 1 aromatic carbocycles. The maximum Gasteiger partial charge on any atom is 0.191 e. The highest BCUT2D eigenvalue weighted by Crippen LogP contribution is 2.23. The highest BCUT2D eigenvalue weighted by molar-refractivity contribution is 14.0. The second-order valence-electron chi connectivity index (χ2n) is 6.17. The highest BCUT2D eigenvalue weighted by atomic mass is 127. The minimum atomic E-state index is -0.0824. The Balaban J connectivity index is 0.00000208. The lowest BCUT2D eigenvalue weighted by Crippen LogP contribution is -2.45. The Morgan fingerprint density at radius 1 is 1.29 bits per heavy atom. The summed E-state index contributed by atoms with van der Waals surface area (Å²) in [5, 5.41) is 7.91. The van der Waals surface area contributed by atoms with Gasteiger partial charge in [0.1, 0.15) is 0 Å². The van der Waals surface area contributed by atoms with Crippen LogP contribution in [0.4, 0.5) is 0 Å². The molecule has 1 fully saturated rings. The fourth-order valence-corrected chi connectivity index (χ4v) is 2.96. The molecule has 1 aliphatic rings. The maximum absolute atomic E-state index is 5.80. The van der Waals surface area contributed by atoms with E-state index in [9.17, 15) is 0 Å². The molecule has 6 heteroatoms. The van der Waals surface area contributed by atoms with Crippen molar-refractivity contribution in [2.45, 2.75) is 31.9 Å². The fourth-order valence-electron chi connectivity index (χ4n) is 2.96. The molecule has 1 aromatic heterocycles. The zero-order valence-electron chi connectivity index (χ0n) is 14.2. The minimum absolute atomic E-state index is 0. The maximum atomic E-state index is 5.80. The van der Waals surface area contributed by atoms with E-state index in [1.807, 2.05) is 30.5 Å². The quantitative estimate of drug-likeness (QED) is 0.436. The van der Waals surface area contributed by atoms with Crippen LogP contribution in [0.5, 0.6) is 0 Å². The number of para-hydroxylation sites is 1. The SMILES string of the molecule is CN=C(NCc1ccnc2ccccc12)NCC1(C)CCCO1.I. The van der Waals surface area contributed by atoms with Crippen molar-refractivity contribution in [3.8, 4) is 0 Å². The van der Waals surface area contributed by atoms with Crippen molar-refractivity contribution >= 4 is 40.8 Å². The van der Waals surface area contributed by atoms with Crippen LogP contribution < -0.4 is 10.6 Å². The zero-order valence-corrected chi connectivity index (χ0v) is 16.5. The number of hydrogen-bond acceptors (Lipinski definition) is 3. The second kappa shape index (κ2) is 8.62. The first kappa shape index (κ1) is 18.9. The van der Waals surface area contributed by atoms with Crippen molar-refractivity contribution in [1.29, 1.82) is 0 Å². The summed E-state index contributed by atoms with van der Waals surface area (Å²) < 4.78 is 5.80. The van der Waals surface area contributed by atoms with E-state index < -0.39 is 0 Å². The summed E-state index contributed by atoms with van der Waals surface area (Å²) in [6.07, 6.45) is 4.07. The molecule has 0 aliphatic carbocycles. The number of ether oxygens (including phenoxy) is 1. The van der Waals surface area contributed by atoms with Crippen molar-refractivity contribution in [3.05, 3.63) is 42.1 Å². The molecule has 1 aliphatic heterocycles. The normalized spacial score (nSPS) is 20.7. The molecule has 2 heterocycles. The van der Waals surface area contributed by atoms with E-state index >= 15 is 0 Å². The third kappa shape index (κ3) is 4.57. The molecule has 0 radical (unpaired) electrons. The molecular formula is C18H25IN4O. The summed E-state index contributed by atoms with van der Waals surface area (Å²) in [5.74, 6) is 0.794. The molecule has 1 unspecified atom stereocenters. The minimum Gasteiger partial charge on any atom is -0.373 e. The van der Waals surface area contributed by atoms with Gasteiger partial charge in [0.15, 0.2) is 5.96 Å². The largest absolute Gasteiger partial charge is 0.373 e. The molecule has 0 saturated carbocycles. The number of hydrogen-bond donors (Lipinski definition) is 2. The average molecular weight is 440 g/mol. The number of guanidine groups is 1. The summed E-state index contributed by atoms with van der Waals surface area (Å²) in [7, 11) is 1.79. The van der Waals surface area contributed by atoms with Gasteiger partial charge in [-0.1, -0.05) is 18.2 Å². The molecule has 5 nitrogen and oxygen atoms in total. The van der Waals surface area contributed by atoms with Gasteiger partial charge in [-0.2, -0.15) is 0 Å². The van der Waals surface area contributed by atoms with Crippen LogP contribution in [0.25, 0.3) is 10.9 Å². The first-order valence-electron chi connectivity index (χ1n) is 8.11. The van der Waals surface area contributed by atoms with Gasteiger partial charge in [-0.25, -0.2) is 0 Å². The molecule has 1 atom stereocenters. The van der Waals surface area contributed by atoms with E-state index in [4.69, 9.17) is 4.74 Å². The summed E-state index contributed by atoms with van der Waals surface area (Å²) in [5.41, 5.74) is 2.14. The molecule has 2 N–H and O–H groups in total. The van der Waals surface area contributed by atoms with E-state index in [0.717, 1.165) is 37.5 Å². The number of nitrogens with zero attached hydrogens (tertiary/aromatic N) is 2. The Hall–Kier alpha value is -1.41. The predicted octanol–water partition coefficient (Wildman–Crippen LogP) is 3.09. The van der Waals surface area contributed by atoms with Crippen molar-refractivity contribution in [1.82, 2.24) is 15.6 Å². The number of aromatic nitrogens is 1. The van der Waals surface area contributed by atoms with E-state index in [0.29, 0.717) is 6.54 Å². The van der Waals surface area contributed by atoms with E-state index in [1.54, 1.807) is 7.05 Å². The van der Waals surface area contributed by atoms with Gasteiger partial charge < -0.3 is 15.4 Å². The molecule has 130 valence electrons. The third-order valence-electron chi connectivity index (χ3n) is 4.34. The van der Waals surface area contributed by atoms with Crippen molar-refractivity contribution in [2.75, 3.05) is 20.2 Å². The zero-order chi connectivity index (χ0) is 16.1. The molecule has 2 aromatic rings. The number of fused-ring (bicyclic) bond motifs is 1. The lowest BCUT2D eigenvalue weighted by Gasteiger charge is -2.24.